The van der Waals surface area contributed by atoms with Gasteiger partial charge < -0.3 is 10.2 Å². The molecule has 0 saturated carbocycles. The van der Waals surface area contributed by atoms with Gasteiger partial charge in [-0.1, -0.05) is 42.5 Å². The third-order valence-corrected chi connectivity index (χ3v) is 5.12. The molecule has 5 heteroatoms. The predicted molar refractivity (Wildman–Crippen MR) is 111 cm³/mol. The second-order valence-corrected chi connectivity index (χ2v) is 7.61. The Morgan fingerprint density at radius 2 is 1.75 bits per heavy atom. The summed E-state index contributed by atoms with van der Waals surface area (Å²) in [5.41, 5.74) is 6.21. The number of para-hydroxylation sites is 1. The van der Waals surface area contributed by atoms with Gasteiger partial charge in [0.15, 0.2) is 5.69 Å². The molecule has 0 aliphatic heterocycles. The Labute approximate surface area is 166 Å². The summed E-state index contributed by atoms with van der Waals surface area (Å²) in [6.45, 7) is 1.42. The largest absolute Gasteiger partial charge is 0.347 e. The van der Waals surface area contributed by atoms with E-state index in [0.717, 1.165) is 42.6 Å². The van der Waals surface area contributed by atoms with Crippen LogP contribution < -0.4 is 5.32 Å². The van der Waals surface area contributed by atoms with Crippen LogP contribution >= 0.6 is 0 Å². The van der Waals surface area contributed by atoms with E-state index in [2.05, 4.69) is 53.7 Å². The average molecular weight is 374 g/mol. The van der Waals surface area contributed by atoms with E-state index in [1.54, 1.807) is 0 Å². The highest BCUT2D eigenvalue weighted by atomic mass is 16.1. The van der Waals surface area contributed by atoms with Crippen molar-refractivity contribution in [2.45, 2.75) is 32.4 Å². The minimum Gasteiger partial charge on any atom is -0.347 e. The lowest BCUT2D eigenvalue weighted by atomic mass is 10.1. The molecule has 1 aliphatic rings. The molecule has 144 valence electrons. The molecular weight excluding hydrogens is 348 g/mol. The average Bonchev–Trinajstić information content (AvgIpc) is 3.30. The molecular formula is C23H26N4O. The maximum Gasteiger partial charge on any atom is 0.272 e. The molecule has 0 atom stereocenters. The zero-order valence-electron chi connectivity index (χ0n) is 16.5. The van der Waals surface area contributed by atoms with E-state index in [9.17, 15) is 4.79 Å². The second-order valence-electron chi connectivity index (χ2n) is 7.61. The van der Waals surface area contributed by atoms with Crippen LogP contribution in [0, 0.1) is 0 Å². The number of hydrogen-bond donors (Lipinski definition) is 1. The number of carbonyl (C=O) groups is 1. The van der Waals surface area contributed by atoms with Gasteiger partial charge in [-0.25, -0.2) is 4.68 Å². The second kappa shape index (κ2) is 7.98. The van der Waals surface area contributed by atoms with Crippen molar-refractivity contribution < 1.29 is 4.79 Å². The smallest absolute Gasteiger partial charge is 0.272 e. The Morgan fingerprint density at radius 3 is 2.46 bits per heavy atom. The lowest BCUT2D eigenvalue weighted by Gasteiger charge is -2.10. The van der Waals surface area contributed by atoms with Gasteiger partial charge in [-0.3, -0.25) is 4.79 Å². The number of nitrogens with one attached hydrogen (secondary N) is 1. The fourth-order valence-electron chi connectivity index (χ4n) is 3.80. The zero-order chi connectivity index (χ0) is 19.5. The number of fused-ring (bicyclic) bond motifs is 1. The van der Waals surface area contributed by atoms with E-state index in [4.69, 9.17) is 0 Å². The Morgan fingerprint density at radius 1 is 1.04 bits per heavy atom. The highest BCUT2D eigenvalue weighted by Crippen LogP contribution is 2.27. The van der Waals surface area contributed by atoms with Crippen molar-refractivity contribution in [3.63, 3.8) is 0 Å². The molecule has 1 amide bonds. The van der Waals surface area contributed by atoms with Gasteiger partial charge in [0, 0.05) is 24.3 Å². The fourth-order valence-corrected chi connectivity index (χ4v) is 3.80. The highest BCUT2D eigenvalue weighted by molar-refractivity contribution is 5.94. The van der Waals surface area contributed by atoms with Gasteiger partial charge in [-0.05, 0) is 56.6 Å². The van der Waals surface area contributed by atoms with Crippen molar-refractivity contribution in [3.05, 3.63) is 82.7 Å². The van der Waals surface area contributed by atoms with Crippen molar-refractivity contribution in [1.29, 1.82) is 0 Å². The summed E-state index contributed by atoms with van der Waals surface area (Å²) in [6.07, 6.45) is 2.97. The summed E-state index contributed by atoms with van der Waals surface area (Å²) in [6, 6.07) is 18.4. The summed E-state index contributed by atoms with van der Waals surface area (Å²) in [5, 5.41) is 7.70. The minimum atomic E-state index is -0.0924. The molecule has 3 aromatic rings. The van der Waals surface area contributed by atoms with Gasteiger partial charge in [0.2, 0.25) is 0 Å². The van der Waals surface area contributed by atoms with Crippen LogP contribution in [0.5, 0.6) is 0 Å². The standard InChI is InChI=1S/C23H26N4O/c1-26(2)16-18-13-11-17(12-14-18)15-24-23(28)22-20-9-6-10-21(20)27(25-22)19-7-4-3-5-8-19/h3-5,7-8,11-14H,6,9-10,15-16H2,1-2H3,(H,24,28). The topological polar surface area (TPSA) is 50.2 Å². The number of aromatic nitrogens is 2. The Bertz CT molecular complexity index is 958. The van der Waals surface area contributed by atoms with Crippen molar-refractivity contribution >= 4 is 5.91 Å². The van der Waals surface area contributed by atoms with Crippen LogP contribution in [0.1, 0.15) is 39.3 Å². The zero-order valence-corrected chi connectivity index (χ0v) is 16.5. The van der Waals surface area contributed by atoms with Gasteiger partial charge in [0.05, 0.1) is 5.69 Å². The Kier molecular flexibility index (Phi) is 5.26. The van der Waals surface area contributed by atoms with E-state index in [0.29, 0.717) is 12.2 Å². The molecule has 1 aliphatic carbocycles. The SMILES string of the molecule is CN(C)Cc1ccc(CNC(=O)c2nn(-c3ccccc3)c3c2CCC3)cc1. The van der Waals surface area contributed by atoms with Crippen LogP contribution in [0.15, 0.2) is 54.6 Å². The minimum absolute atomic E-state index is 0.0924. The third kappa shape index (κ3) is 3.85. The molecule has 0 spiro atoms. The number of nitrogens with zero attached hydrogens (tertiary/aromatic N) is 3. The highest BCUT2D eigenvalue weighted by Gasteiger charge is 2.26. The normalized spacial score (nSPS) is 13.0. The van der Waals surface area contributed by atoms with E-state index >= 15 is 0 Å². The van der Waals surface area contributed by atoms with Crippen LogP contribution in [0.4, 0.5) is 0 Å². The number of amides is 1. The first-order valence-electron chi connectivity index (χ1n) is 9.79. The summed E-state index contributed by atoms with van der Waals surface area (Å²) >= 11 is 0. The number of carbonyl (C=O) groups excluding carboxylic acids is 1. The fraction of sp³-hybridized carbons (Fsp3) is 0.304. The van der Waals surface area contributed by atoms with Gasteiger partial charge in [0.25, 0.3) is 5.91 Å². The maximum atomic E-state index is 12.8. The Balaban J connectivity index is 1.48. The van der Waals surface area contributed by atoms with Crippen LogP contribution in [0.3, 0.4) is 0 Å². The quantitative estimate of drug-likeness (QED) is 0.720. The van der Waals surface area contributed by atoms with Gasteiger partial charge in [-0.2, -0.15) is 5.10 Å². The molecule has 0 bridgehead atoms. The van der Waals surface area contributed by atoms with Crippen LogP contribution in [0.2, 0.25) is 0 Å². The number of rotatable bonds is 6. The first kappa shape index (κ1) is 18.4. The molecule has 0 radical (unpaired) electrons. The molecule has 1 aromatic heterocycles. The first-order chi connectivity index (χ1) is 13.6. The summed E-state index contributed by atoms with van der Waals surface area (Å²) in [5.74, 6) is -0.0924. The van der Waals surface area contributed by atoms with E-state index < -0.39 is 0 Å². The van der Waals surface area contributed by atoms with Crippen LogP contribution in [0.25, 0.3) is 5.69 Å². The molecule has 1 N–H and O–H groups in total. The number of hydrogen-bond acceptors (Lipinski definition) is 3. The van der Waals surface area contributed by atoms with Crippen molar-refractivity contribution in [2.75, 3.05) is 14.1 Å². The van der Waals surface area contributed by atoms with Crippen molar-refractivity contribution in [1.82, 2.24) is 20.0 Å². The van der Waals surface area contributed by atoms with Crippen LogP contribution in [-0.2, 0) is 25.9 Å². The van der Waals surface area contributed by atoms with Crippen LogP contribution in [-0.4, -0.2) is 34.7 Å². The third-order valence-electron chi connectivity index (χ3n) is 5.12. The van der Waals surface area contributed by atoms with E-state index in [1.165, 1.54) is 11.3 Å². The van der Waals surface area contributed by atoms with E-state index in [1.807, 2.05) is 35.0 Å². The van der Waals surface area contributed by atoms with Gasteiger partial charge in [-0.15, -0.1) is 0 Å². The molecule has 4 rings (SSSR count). The molecule has 1 heterocycles. The number of benzene rings is 2. The predicted octanol–water partition coefficient (Wildman–Crippen LogP) is 3.35. The molecule has 2 aromatic carbocycles. The van der Waals surface area contributed by atoms with E-state index in [-0.39, 0.29) is 5.91 Å². The summed E-state index contributed by atoms with van der Waals surface area (Å²) < 4.78 is 1.94. The summed E-state index contributed by atoms with van der Waals surface area (Å²) in [4.78, 5) is 15.0. The maximum absolute atomic E-state index is 12.8. The molecule has 5 nitrogen and oxygen atoms in total. The monoisotopic (exact) mass is 374 g/mol. The summed E-state index contributed by atoms with van der Waals surface area (Å²) in [7, 11) is 4.11. The van der Waals surface area contributed by atoms with Crippen molar-refractivity contribution in [2.24, 2.45) is 0 Å². The Hall–Kier alpha value is -2.92. The van der Waals surface area contributed by atoms with Gasteiger partial charge >= 0.3 is 0 Å². The van der Waals surface area contributed by atoms with Gasteiger partial charge in [0.1, 0.15) is 0 Å². The lowest BCUT2D eigenvalue weighted by Crippen LogP contribution is -2.24. The molecule has 0 saturated heterocycles. The lowest BCUT2D eigenvalue weighted by molar-refractivity contribution is 0.0944. The first-order valence-corrected chi connectivity index (χ1v) is 9.79. The van der Waals surface area contributed by atoms with Crippen molar-refractivity contribution in [3.8, 4) is 5.69 Å². The molecule has 0 unspecified atom stereocenters. The molecule has 28 heavy (non-hydrogen) atoms. The molecule has 0 fully saturated rings.